The Kier molecular flexibility index (Phi) is 6.61. The molecule has 0 spiro atoms. The van der Waals surface area contributed by atoms with Gasteiger partial charge in [0.25, 0.3) is 0 Å². The number of ether oxygens (including phenoxy) is 2. The van der Waals surface area contributed by atoms with Gasteiger partial charge in [0.05, 0.1) is 25.6 Å². The second kappa shape index (κ2) is 9.56. The number of aryl methyl sites for hydroxylation is 1. The number of methoxy groups -OCH3 is 1. The predicted octanol–water partition coefficient (Wildman–Crippen LogP) is 3.97. The molecule has 0 radical (unpaired) electrons. The van der Waals surface area contributed by atoms with E-state index in [1.54, 1.807) is 19.5 Å². The fraction of sp³-hybridized carbons (Fsp3) is 0.435. The molecule has 1 saturated heterocycles. The summed E-state index contributed by atoms with van der Waals surface area (Å²) in [6.07, 6.45) is 3.97. The molecule has 0 unspecified atom stereocenters. The van der Waals surface area contributed by atoms with Crippen molar-refractivity contribution in [2.45, 2.75) is 32.7 Å². The van der Waals surface area contributed by atoms with E-state index in [1.807, 2.05) is 40.7 Å². The molecule has 1 atom stereocenters. The van der Waals surface area contributed by atoms with Crippen molar-refractivity contribution in [3.8, 4) is 11.6 Å². The number of carbonyl (C=O) groups excluding carboxylic acids is 1. The average molecular weight is 443 g/mol. The van der Waals surface area contributed by atoms with Gasteiger partial charge in [-0.1, -0.05) is 23.7 Å². The third-order valence-corrected chi connectivity index (χ3v) is 5.96. The van der Waals surface area contributed by atoms with Crippen molar-refractivity contribution in [1.29, 1.82) is 0 Å². The number of fused-ring (bicyclic) bond motifs is 1. The van der Waals surface area contributed by atoms with Crippen molar-refractivity contribution in [2.24, 2.45) is 5.92 Å². The number of hydrogen-bond donors (Lipinski definition) is 0. The van der Waals surface area contributed by atoms with Gasteiger partial charge in [0.2, 0.25) is 11.8 Å². The van der Waals surface area contributed by atoms with Gasteiger partial charge in [-0.3, -0.25) is 4.79 Å². The van der Waals surface area contributed by atoms with Crippen LogP contribution in [0.2, 0.25) is 5.15 Å². The first kappa shape index (κ1) is 21.4. The Morgan fingerprint density at radius 2 is 2.06 bits per heavy atom. The number of pyridine rings is 1. The highest BCUT2D eigenvalue weighted by Gasteiger charge is 2.29. The number of rotatable bonds is 9. The Labute approximate surface area is 186 Å². The summed E-state index contributed by atoms with van der Waals surface area (Å²) in [7, 11) is 1.66. The predicted molar refractivity (Wildman–Crippen MR) is 120 cm³/mol. The number of amides is 1. The van der Waals surface area contributed by atoms with E-state index < -0.39 is 0 Å². The number of likely N-dealkylation sites (tertiary alicyclic amines) is 1. The summed E-state index contributed by atoms with van der Waals surface area (Å²) in [5, 5.41) is 0.365. The highest BCUT2D eigenvalue weighted by Crippen LogP contribution is 2.27. The standard InChI is InChI=1S/C23H27ClN4O3/c1-3-27-15-25-19-13-20(24)26-23(22(19)27)31-11-9-17-12-21(29)28(14-17)10-8-16-4-6-18(30-2)7-5-16/h4-7,13,15,17H,3,8-12,14H2,1-2H3/t17-/m1/s1. The number of carbonyl (C=O) groups is 1. The molecular formula is C23H27ClN4O3. The van der Waals surface area contributed by atoms with Crippen LogP contribution in [0.3, 0.4) is 0 Å². The molecular weight excluding hydrogens is 416 g/mol. The minimum absolute atomic E-state index is 0.214. The second-order valence-electron chi connectivity index (χ2n) is 7.79. The third kappa shape index (κ3) is 4.93. The maximum Gasteiger partial charge on any atom is 0.241 e. The smallest absolute Gasteiger partial charge is 0.241 e. The maximum absolute atomic E-state index is 12.4. The van der Waals surface area contributed by atoms with Crippen LogP contribution in [-0.2, 0) is 17.8 Å². The molecule has 164 valence electrons. The third-order valence-electron chi connectivity index (χ3n) is 5.76. The zero-order valence-corrected chi connectivity index (χ0v) is 18.6. The van der Waals surface area contributed by atoms with E-state index >= 15 is 0 Å². The summed E-state index contributed by atoms with van der Waals surface area (Å²) in [5.41, 5.74) is 2.83. The maximum atomic E-state index is 12.4. The van der Waals surface area contributed by atoms with E-state index in [4.69, 9.17) is 21.1 Å². The number of imidazole rings is 1. The van der Waals surface area contributed by atoms with Gasteiger partial charge < -0.3 is 18.9 Å². The van der Waals surface area contributed by atoms with Crippen LogP contribution in [-0.4, -0.2) is 52.1 Å². The van der Waals surface area contributed by atoms with Crippen LogP contribution in [0.1, 0.15) is 25.3 Å². The quantitative estimate of drug-likeness (QED) is 0.469. The summed E-state index contributed by atoms with van der Waals surface area (Å²) >= 11 is 6.12. The molecule has 8 heteroatoms. The molecule has 1 aromatic carbocycles. The zero-order chi connectivity index (χ0) is 21.8. The topological polar surface area (TPSA) is 69.5 Å². The molecule has 1 amide bonds. The van der Waals surface area contributed by atoms with Crippen molar-refractivity contribution < 1.29 is 14.3 Å². The molecule has 0 aliphatic carbocycles. The lowest BCUT2D eigenvalue weighted by molar-refractivity contribution is -0.127. The Morgan fingerprint density at radius 3 is 2.81 bits per heavy atom. The SMILES string of the molecule is CCn1cnc2cc(Cl)nc(OCC[C@@H]3CC(=O)N(CCc4ccc(OC)cc4)C3)c21. The first-order valence-corrected chi connectivity index (χ1v) is 11.0. The average Bonchev–Trinajstić information content (AvgIpc) is 3.35. The Hall–Kier alpha value is -2.80. The molecule has 0 N–H and O–H groups in total. The van der Waals surface area contributed by atoms with E-state index in [1.165, 1.54) is 5.56 Å². The largest absolute Gasteiger partial charge is 0.497 e. The fourth-order valence-corrected chi connectivity index (χ4v) is 4.19. The molecule has 0 saturated carbocycles. The van der Waals surface area contributed by atoms with E-state index in [0.29, 0.717) is 24.1 Å². The second-order valence-corrected chi connectivity index (χ2v) is 8.18. The molecule has 4 rings (SSSR count). The van der Waals surface area contributed by atoms with Crippen molar-refractivity contribution in [1.82, 2.24) is 19.4 Å². The lowest BCUT2D eigenvalue weighted by Crippen LogP contribution is -2.27. The van der Waals surface area contributed by atoms with Crippen molar-refractivity contribution in [3.05, 3.63) is 47.4 Å². The highest BCUT2D eigenvalue weighted by atomic mass is 35.5. The van der Waals surface area contributed by atoms with Crippen LogP contribution in [0, 0.1) is 5.92 Å². The first-order chi connectivity index (χ1) is 15.1. The van der Waals surface area contributed by atoms with Crippen LogP contribution in [0.25, 0.3) is 11.0 Å². The van der Waals surface area contributed by atoms with Gasteiger partial charge in [0, 0.05) is 32.1 Å². The number of hydrogen-bond acceptors (Lipinski definition) is 5. The molecule has 0 bridgehead atoms. The number of halogens is 1. The summed E-state index contributed by atoms with van der Waals surface area (Å²) in [6.45, 7) is 4.81. The van der Waals surface area contributed by atoms with Crippen molar-refractivity contribution >= 4 is 28.5 Å². The summed E-state index contributed by atoms with van der Waals surface area (Å²) in [5.74, 6) is 1.84. The zero-order valence-electron chi connectivity index (χ0n) is 17.9. The van der Waals surface area contributed by atoms with Crippen LogP contribution in [0.15, 0.2) is 36.7 Å². The summed E-state index contributed by atoms with van der Waals surface area (Å²) in [6, 6.07) is 9.74. The van der Waals surface area contributed by atoms with Crippen LogP contribution in [0.4, 0.5) is 0 Å². The van der Waals surface area contributed by atoms with E-state index in [9.17, 15) is 4.79 Å². The number of benzene rings is 1. The highest BCUT2D eigenvalue weighted by molar-refractivity contribution is 6.30. The molecule has 3 heterocycles. The molecule has 3 aromatic rings. The van der Waals surface area contributed by atoms with Gasteiger partial charge in [0.15, 0.2) is 0 Å². The van der Waals surface area contributed by atoms with E-state index in [2.05, 4.69) is 9.97 Å². The van der Waals surface area contributed by atoms with Crippen molar-refractivity contribution in [3.63, 3.8) is 0 Å². The van der Waals surface area contributed by atoms with E-state index in [0.717, 1.165) is 49.3 Å². The molecule has 7 nitrogen and oxygen atoms in total. The summed E-state index contributed by atoms with van der Waals surface area (Å²) < 4.78 is 13.2. The van der Waals surface area contributed by atoms with E-state index in [-0.39, 0.29) is 11.8 Å². The minimum Gasteiger partial charge on any atom is -0.497 e. The van der Waals surface area contributed by atoms with Gasteiger partial charge in [-0.2, -0.15) is 4.98 Å². The van der Waals surface area contributed by atoms with Gasteiger partial charge in [-0.05, 0) is 43.4 Å². The summed E-state index contributed by atoms with van der Waals surface area (Å²) in [4.78, 5) is 23.1. The lowest BCUT2D eigenvalue weighted by Gasteiger charge is -2.17. The molecule has 1 fully saturated rings. The van der Waals surface area contributed by atoms with Crippen LogP contribution in [0.5, 0.6) is 11.6 Å². The normalized spacial score (nSPS) is 16.3. The lowest BCUT2D eigenvalue weighted by atomic mass is 10.1. The van der Waals surface area contributed by atoms with Gasteiger partial charge in [-0.25, -0.2) is 4.98 Å². The molecule has 31 heavy (non-hydrogen) atoms. The Morgan fingerprint density at radius 1 is 1.26 bits per heavy atom. The van der Waals surface area contributed by atoms with Gasteiger partial charge >= 0.3 is 0 Å². The Bertz CT molecular complexity index is 1050. The van der Waals surface area contributed by atoms with Crippen LogP contribution >= 0.6 is 11.6 Å². The first-order valence-electron chi connectivity index (χ1n) is 10.6. The molecule has 2 aromatic heterocycles. The van der Waals surface area contributed by atoms with Crippen LogP contribution < -0.4 is 9.47 Å². The van der Waals surface area contributed by atoms with Gasteiger partial charge in [-0.15, -0.1) is 0 Å². The molecule has 1 aliphatic heterocycles. The number of nitrogens with zero attached hydrogens (tertiary/aromatic N) is 4. The van der Waals surface area contributed by atoms with Crippen molar-refractivity contribution in [2.75, 3.05) is 26.8 Å². The number of aromatic nitrogens is 3. The fourth-order valence-electron chi connectivity index (χ4n) is 4.01. The molecule has 1 aliphatic rings. The monoisotopic (exact) mass is 442 g/mol. The Balaban J connectivity index is 1.29. The van der Waals surface area contributed by atoms with Gasteiger partial charge in [0.1, 0.15) is 16.4 Å². The minimum atomic E-state index is 0.214.